The summed E-state index contributed by atoms with van der Waals surface area (Å²) in [6, 6.07) is 7.74. The van der Waals surface area contributed by atoms with Crippen molar-refractivity contribution in [2.45, 2.75) is 51.6 Å². The largest absolute Gasteiger partial charge is 0.459 e. The summed E-state index contributed by atoms with van der Waals surface area (Å²) in [5, 5.41) is 0. The van der Waals surface area contributed by atoms with E-state index in [0.717, 1.165) is 19.3 Å². The fraction of sp³-hybridized carbons (Fsp3) is 0.533. The molecule has 1 aliphatic rings. The van der Waals surface area contributed by atoms with Gasteiger partial charge in [0.25, 0.3) is 0 Å². The molecular weight excluding hydrogens is 212 g/mol. The first-order valence-corrected chi connectivity index (χ1v) is 6.59. The number of rotatable bonds is 3. The van der Waals surface area contributed by atoms with Gasteiger partial charge >= 0.3 is 5.97 Å². The molecule has 0 amide bonds. The van der Waals surface area contributed by atoms with E-state index in [1.807, 2.05) is 24.3 Å². The molecule has 0 spiro atoms. The molecule has 1 saturated carbocycles. The maximum Gasteiger partial charge on any atom is 0.338 e. The number of hydrogen-bond donors (Lipinski definition) is 0. The van der Waals surface area contributed by atoms with Crippen LogP contribution in [0.2, 0.25) is 0 Å². The number of carbonyl (C=O) groups is 1. The zero-order chi connectivity index (χ0) is 12.1. The van der Waals surface area contributed by atoms with Crippen molar-refractivity contribution in [3.05, 3.63) is 35.4 Å². The van der Waals surface area contributed by atoms with Crippen LogP contribution in [-0.4, -0.2) is 12.1 Å². The van der Waals surface area contributed by atoms with Crippen molar-refractivity contribution < 1.29 is 9.53 Å². The molecular formula is C15H20O2. The van der Waals surface area contributed by atoms with Gasteiger partial charge in [0, 0.05) is 0 Å². The van der Waals surface area contributed by atoms with Crippen molar-refractivity contribution in [3.63, 3.8) is 0 Å². The second-order valence-corrected chi connectivity index (χ2v) is 4.72. The Kier molecular flexibility index (Phi) is 4.18. The Morgan fingerprint density at radius 3 is 2.76 bits per heavy atom. The minimum Gasteiger partial charge on any atom is -0.459 e. The highest BCUT2D eigenvalue weighted by Crippen LogP contribution is 2.21. The third kappa shape index (κ3) is 3.32. The van der Waals surface area contributed by atoms with Crippen molar-refractivity contribution in [2.75, 3.05) is 0 Å². The molecule has 1 fully saturated rings. The Morgan fingerprint density at radius 2 is 2.06 bits per heavy atom. The second kappa shape index (κ2) is 5.85. The molecule has 2 rings (SSSR count). The summed E-state index contributed by atoms with van der Waals surface area (Å²) >= 11 is 0. The van der Waals surface area contributed by atoms with Crippen molar-refractivity contribution in [3.8, 4) is 0 Å². The van der Waals surface area contributed by atoms with E-state index in [9.17, 15) is 4.79 Å². The molecule has 0 radical (unpaired) electrons. The first-order chi connectivity index (χ1) is 8.29. The van der Waals surface area contributed by atoms with Gasteiger partial charge in [0.15, 0.2) is 0 Å². The number of carbonyl (C=O) groups excluding carboxylic acids is 1. The summed E-state index contributed by atoms with van der Waals surface area (Å²) in [7, 11) is 0. The quantitative estimate of drug-likeness (QED) is 0.742. The third-order valence-corrected chi connectivity index (χ3v) is 3.40. The highest BCUT2D eigenvalue weighted by atomic mass is 16.5. The minimum absolute atomic E-state index is 0.140. The smallest absolute Gasteiger partial charge is 0.338 e. The zero-order valence-electron chi connectivity index (χ0n) is 10.4. The lowest BCUT2D eigenvalue weighted by Crippen LogP contribution is -2.20. The molecule has 1 aromatic carbocycles. The van der Waals surface area contributed by atoms with Crippen LogP contribution in [0, 0.1) is 0 Å². The lowest BCUT2D eigenvalue weighted by atomic mass is 9.98. The normalized spacial score (nSPS) is 16.8. The van der Waals surface area contributed by atoms with Gasteiger partial charge in [0.05, 0.1) is 5.56 Å². The Balaban J connectivity index is 1.98. The molecule has 17 heavy (non-hydrogen) atoms. The van der Waals surface area contributed by atoms with Crippen molar-refractivity contribution >= 4 is 5.97 Å². The van der Waals surface area contributed by atoms with Gasteiger partial charge in [-0.1, -0.05) is 25.5 Å². The molecule has 2 nitrogen and oxygen atoms in total. The number of hydrogen-bond acceptors (Lipinski definition) is 2. The van der Waals surface area contributed by atoms with Crippen molar-refractivity contribution in [1.82, 2.24) is 0 Å². The monoisotopic (exact) mass is 232 g/mol. The van der Waals surface area contributed by atoms with E-state index in [-0.39, 0.29) is 12.1 Å². The average molecular weight is 232 g/mol. The average Bonchev–Trinajstić information content (AvgIpc) is 2.40. The molecule has 92 valence electrons. The van der Waals surface area contributed by atoms with Crippen LogP contribution < -0.4 is 0 Å². The molecule has 0 atom stereocenters. The SMILES string of the molecule is CCc1cccc(C(=O)OC2CCCCC2)c1. The van der Waals surface area contributed by atoms with Crippen LogP contribution >= 0.6 is 0 Å². The summed E-state index contributed by atoms with van der Waals surface area (Å²) in [6.07, 6.45) is 6.80. The number of esters is 1. The molecule has 0 N–H and O–H groups in total. The zero-order valence-corrected chi connectivity index (χ0v) is 10.4. The Labute approximate surface area is 103 Å². The predicted octanol–water partition coefficient (Wildman–Crippen LogP) is 3.74. The molecule has 0 unspecified atom stereocenters. The van der Waals surface area contributed by atoms with E-state index in [0.29, 0.717) is 5.56 Å². The fourth-order valence-corrected chi connectivity index (χ4v) is 2.32. The maximum absolute atomic E-state index is 12.0. The topological polar surface area (TPSA) is 26.3 Å². The van der Waals surface area contributed by atoms with Gasteiger partial charge < -0.3 is 4.74 Å². The maximum atomic E-state index is 12.0. The van der Waals surface area contributed by atoms with Crippen LogP contribution in [0.3, 0.4) is 0 Å². The van der Waals surface area contributed by atoms with Crippen LogP contribution in [0.1, 0.15) is 54.9 Å². The van der Waals surface area contributed by atoms with E-state index in [2.05, 4.69) is 6.92 Å². The van der Waals surface area contributed by atoms with Crippen LogP contribution in [0.25, 0.3) is 0 Å². The summed E-state index contributed by atoms with van der Waals surface area (Å²) in [5.41, 5.74) is 1.87. The van der Waals surface area contributed by atoms with E-state index >= 15 is 0 Å². The van der Waals surface area contributed by atoms with Crippen LogP contribution in [0.5, 0.6) is 0 Å². The lowest BCUT2D eigenvalue weighted by Gasteiger charge is -2.21. The van der Waals surface area contributed by atoms with Gasteiger partial charge in [-0.05, 0) is 49.8 Å². The van der Waals surface area contributed by atoms with E-state index < -0.39 is 0 Å². The highest BCUT2D eigenvalue weighted by molar-refractivity contribution is 5.89. The van der Waals surface area contributed by atoms with Gasteiger partial charge in [0.2, 0.25) is 0 Å². The summed E-state index contributed by atoms with van der Waals surface area (Å²) in [5.74, 6) is -0.160. The van der Waals surface area contributed by atoms with E-state index in [1.54, 1.807) is 0 Å². The van der Waals surface area contributed by atoms with Gasteiger partial charge in [-0.2, -0.15) is 0 Å². The van der Waals surface area contributed by atoms with Gasteiger partial charge in [0.1, 0.15) is 6.10 Å². The standard InChI is InChI=1S/C15H20O2/c1-2-12-7-6-8-13(11-12)15(16)17-14-9-4-3-5-10-14/h6-8,11,14H,2-5,9-10H2,1H3. The van der Waals surface area contributed by atoms with Crippen LogP contribution in [0.4, 0.5) is 0 Å². The molecule has 0 heterocycles. The first-order valence-electron chi connectivity index (χ1n) is 6.59. The summed E-state index contributed by atoms with van der Waals surface area (Å²) < 4.78 is 5.54. The third-order valence-electron chi connectivity index (χ3n) is 3.40. The van der Waals surface area contributed by atoms with E-state index in [1.165, 1.54) is 24.8 Å². The predicted molar refractivity (Wildman–Crippen MR) is 68.1 cm³/mol. The Morgan fingerprint density at radius 1 is 1.29 bits per heavy atom. The van der Waals surface area contributed by atoms with E-state index in [4.69, 9.17) is 4.74 Å². The molecule has 0 aromatic heterocycles. The van der Waals surface area contributed by atoms with Crippen molar-refractivity contribution in [1.29, 1.82) is 0 Å². The molecule has 1 aliphatic carbocycles. The van der Waals surface area contributed by atoms with Crippen molar-refractivity contribution in [2.24, 2.45) is 0 Å². The lowest BCUT2D eigenvalue weighted by molar-refractivity contribution is 0.0211. The summed E-state index contributed by atoms with van der Waals surface area (Å²) in [4.78, 5) is 12.0. The second-order valence-electron chi connectivity index (χ2n) is 4.72. The first kappa shape index (κ1) is 12.2. The number of benzene rings is 1. The van der Waals surface area contributed by atoms with Crippen LogP contribution in [-0.2, 0) is 11.2 Å². The Bertz CT molecular complexity index is 378. The molecule has 0 saturated heterocycles. The molecule has 0 aliphatic heterocycles. The summed E-state index contributed by atoms with van der Waals surface area (Å²) in [6.45, 7) is 2.09. The molecule has 1 aromatic rings. The number of ether oxygens (including phenoxy) is 1. The highest BCUT2D eigenvalue weighted by Gasteiger charge is 2.18. The van der Waals surface area contributed by atoms with Gasteiger partial charge in [-0.3, -0.25) is 0 Å². The molecule has 0 bridgehead atoms. The minimum atomic E-state index is -0.160. The van der Waals surface area contributed by atoms with Crippen LogP contribution in [0.15, 0.2) is 24.3 Å². The van der Waals surface area contributed by atoms with Gasteiger partial charge in [-0.25, -0.2) is 4.79 Å². The Hall–Kier alpha value is -1.31. The number of aryl methyl sites for hydroxylation is 1. The fourth-order valence-electron chi connectivity index (χ4n) is 2.32. The molecule has 2 heteroatoms. The van der Waals surface area contributed by atoms with Gasteiger partial charge in [-0.15, -0.1) is 0 Å².